The number of amides is 2. The predicted octanol–water partition coefficient (Wildman–Crippen LogP) is 3.72. The van der Waals surface area contributed by atoms with Gasteiger partial charge in [-0.1, -0.05) is 54.6 Å². The topological polar surface area (TPSA) is 66.4 Å². The molecule has 0 aliphatic carbocycles. The summed E-state index contributed by atoms with van der Waals surface area (Å²) in [5.74, 6) is -2.30. The summed E-state index contributed by atoms with van der Waals surface area (Å²) in [4.78, 5) is 24.7. The highest BCUT2D eigenvalue weighted by molar-refractivity contribution is 6.10. The van der Waals surface area contributed by atoms with E-state index >= 15 is 0 Å². The minimum atomic E-state index is -0.670. The van der Waals surface area contributed by atoms with Gasteiger partial charge in [0.25, 0.3) is 0 Å². The second-order valence-corrected chi connectivity index (χ2v) is 6.50. The van der Waals surface area contributed by atoms with Crippen molar-refractivity contribution in [3.63, 3.8) is 0 Å². The van der Waals surface area contributed by atoms with Crippen LogP contribution in [0.15, 0.2) is 72.8 Å². The average Bonchev–Trinajstić information content (AvgIpc) is 2.97. The number of benzene rings is 3. The van der Waals surface area contributed by atoms with Crippen LogP contribution in [0.5, 0.6) is 5.75 Å². The number of aromatic hydroxyl groups is 1. The number of rotatable bonds is 3. The molecule has 1 fully saturated rings. The summed E-state index contributed by atoms with van der Waals surface area (Å²) < 4.78 is 14.0. The van der Waals surface area contributed by atoms with Crippen LogP contribution in [0.1, 0.15) is 23.0 Å². The van der Waals surface area contributed by atoms with Gasteiger partial charge in [0, 0.05) is 5.56 Å². The van der Waals surface area contributed by atoms with Gasteiger partial charge in [0.1, 0.15) is 11.6 Å². The van der Waals surface area contributed by atoms with Crippen LogP contribution in [-0.4, -0.2) is 16.9 Å². The van der Waals surface area contributed by atoms with Gasteiger partial charge >= 0.3 is 0 Å². The van der Waals surface area contributed by atoms with E-state index < -0.39 is 11.8 Å². The fraction of sp³-hybridized carbons (Fsp3) is 0.0909. The van der Waals surface area contributed by atoms with Crippen LogP contribution in [-0.2, 0) is 9.59 Å². The van der Waals surface area contributed by atoms with Crippen molar-refractivity contribution in [2.75, 3.05) is 0 Å². The van der Waals surface area contributed by atoms with Crippen molar-refractivity contribution in [2.24, 2.45) is 0 Å². The molecule has 0 saturated carbocycles. The summed E-state index contributed by atoms with van der Waals surface area (Å²) in [5.41, 5.74) is 2.50. The zero-order valence-corrected chi connectivity index (χ0v) is 14.2. The van der Waals surface area contributed by atoms with E-state index in [1.165, 1.54) is 18.2 Å². The second-order valence-electron chi connectivity index (χ2n) is 6.50. The van der Waals surface area contributed by atoms with E-state index in [0.717, 1.165) is 0 Å². The Morgan fingerprint density at radius 2 is 1.26 bits per heavy atom. The highest BCUT2D eigenvalue weighted by Gasteiger charge is 2.43. The third-order valence-electron chi connectivity index (χ3n) is 4.85. The smallest absolute Gasteiger partial charge is 0.235 e. The largest absolute Gasteiger partial charge is 0.508 e. The van der Waals surface area contributed by atoms with Gasteiger partial charge in [0.15, 0.2) is 0 Å². The molecular formula is C22H16FNO3. The van der Waals surface area contributed by atoms with Crippen LogP contribution >= 0.6 is 0 Å². The Kier molecular flexibility index (Phi) is 4.20. The van der Waals surface area contributed by atoms with E-state index in [1.807, 2.05) is 0 Å². The monoisotopic (exact) mass is 361 g/mol. The molecule has 2 amide bonds. The molecule has 0 radical (unpaired) electrons. The van der Waals surface area contributed by atoms with E-state index in [0.29, 0.717) is 22.3 Å². The molecule has 1 heterocycles. The molecule has 0 bridgehead atoms. The van der Waals surface area contributed by atoms with E-state index in [2.05, 4.69) is 5.32 Å². The van der Waals surface area contributed by atoms with Crippen LogP contribution in [0.2, 0.25) is 0 Å². The Morgan fingerprint density at radius 1 is 0.741 bits per heavy atom. The standard InChI is InChI=1S/C22H16FNO3/c23-18-4-2-1-3-17(18)13-5-7-14(8-6-13)19-20(22(27)24-21(19)26)15-9-11-16(25)12-10-15/h1-12,19-20,25H,(H,24,26,27). The van der Waals surface area contributed by atoms with Gasteiger partial charge in [-0.2, -0.15) is 0 Å². The van der Waals surface area contributed by atoms with Gasteiger partial charge < -0.3 is 5.11 Å². The normalized spacial score (nSPS) is 19.1. The average molecular weight is 361 g/mol. The number of carbonyl (C=O) groups is 2. The number of phenolic OH excluding ortho intramolecular Hbond substituents is 1. The Labute approximate surface area is 155 Å². The molecule has 1 aliphatic rings. The first-order valence-electron chi connectivity index (χ1n) is 8.53. The molecule has 4 rings (SSSR count). The van der Waals surface area contributed by atoms with Crippen LogP contribution in [0.4, 0.5) is 4.39 Å². The first kappa shape index (κ1) is 17.0. The molecule has 2 N–H and O–H groups in total. The first-order valence-corrected chi connectivity index (χ1v) is 8.53. The molecule has 27 heavy (non-hydrogen) atoms. The Bertz CT molecular complexity index is 1010. The molecule has 5 heteroatoms. The zero-order valence-electron chi connectivity index (χ0n) is 14.2. The Hall–Kier alpha value is -3.47. The molecule has 134 valence electrons. The van der Waals surface area contributed by atoms with E-state index in [4.69, 9.17) is 0 Å². The van der Waals surface area contributed by atoms with Gasteiger partial charge in [-0.15, -0.1) is 0 Å². The summed E-state index contributed by atoms with van der Waals surface area (Å²) in [6.07, 6.45) is 0. The number of carbonyl (C=O) groups excluding carboxylic acids is 2. The maximum Gasteiger partial charge on any atom is 0.235 e. The van der Waals surface area contributed by atoms with Crippen molar-refractivity contribution >= 4 is 11.8 Å². The molecule has 4 nitrogen and oxygen atoms in total. The number of nitrogens with one attached hydrogen (secondary N) is 1. The predicted molar refractivity (Wildman–Crippen MR) is 98.6 cm³/mol. The van der Waals surface area contributed by atoms with Gasteiger partial charge in [0.2, 0.25) is 11.8 Å². The lowest BCUT2D eigenvalue weighted by molar-refractivity contribution is -0.125. The summed E-state index contributed by atoms with van der Waals surface area (Å²) in [6, 6.07) is 19.7. The molecule has 1 aliphatic heterocycles. The number of phenols is 1. The Morgan fingerprint density at radius 3 is 1.81 bits per heavy atom. The van der Waals surface area contributed by atoms with E-state index in [1.54, 1.807) is 54.6 Å². The summed E-state index contributed by atoms with van der Waals surface area (Å²) in [5, 5.41) is 11.8. The second kappa shape index (κ2) is 6.68. The fourth-order valence-corrected chi connectivity index (χ4v) is 3.51. The number of hydrogen-bond acceptors (Lipinski definition) is 3. The molecule has 2 atom stereocenters. The number of hydrogen-bond donors (Lipinski definition) is 2. The minimum absolute atomic E-state index is 0.0919. The molecule has 0 aromatic heterocycles. The van der Waals surface area contributed by atoms with Crippen molar-refractivity contribution in [2.45, 2.75) is 11.8 Å². The lowest BCUT2D eigenvalue weighted by atomic mass is 9.83. The third-order valence-corrected chi connectivity index (χ3v) is 4.85. The number of imide groups is 1. The molecule has 3 aromatic rings. The number of halogens is 1. The summed E-state index contributed by atoms with van der Waals surface area (Å²) in [7, 11) is 0. The van der Waals surface area contributed by atoms with Gasteiger partial charge in [-0.25, -0.2) is 4.39 Å². The van der Waals surface area contributed by atoms with Gasteiger partial charge in [0.05, 0.1) is 11.8 Å². The maximum absolute atomic E-state index is 14.0. The van der Waals surface area contributed by atoms with Crippen LogP contribution in [0, 0.1) is 5.82 Å². The van der Waals surface area contributed by atoms with E-state index in [-0.39, 0.29) is 23.4 Å². The summed E-state index contributed by atoms with van der Waals surface area (Å²) in [6.45, 7) is 0. The lowest BCUT2D eigenvalue weighted by Crippen LogP contribution is -2.21. The van der Waals surface area contributed by atoms with E-state index in [9.17, 15) is 19.1 Å². The molecule has 2 unspecified atom stereocenters. The van der Waals surface area contributed by atoms with Gasteiger partial charge in [-0.3, -0.25) is 14.9 Å². The van der Waals surface area contributed by atoms with Crippen molar-refractivity contribution in [1.82, 2.24) is 5.32 Å². The maximum atomic E-state index is 14.0. The molecule has 0 spiro atoms. The van der Waals surface area contributed by atoms with Crippen molar-refractivity contribution in [3.05, 3.63) is 89.7 Å². The van der Waals surface area contributed by atoms with Crippen molar-refractivity contribution in [3.8, 4) is 16.9 Å². The van der Waals surface area contributed by atoms with Gasteiger partial charge in [-0.05, 0) is 34.9 Å². The zero-order chi connectivity index (χ0) is 19.0. The highest BCUT2D eigenvalue weighted by Crippen LogP contribution is 2.38. The van der Waals surface area contributed by atoms with Crippen LogP contribution < -0.4 is 5.32 Å². The Balaban J connectivity index is 1.70. The third kappa shape index (κ3) is 3.08. The first-order chi connectivity index (χ1) is 13.0. The quantitative estimate of drug-likeness (QED) is 0.699. The fourth-order valence-electron chi connectivity index (χ4n) is 3.51. The molecule has 3 aromatic carbocycles. The molecular weight excluding hydrogens is 345 g/mol. The van der Waals surface area contributed by atoms with Crippen LogP contribution in [0.25, 0.3) is 11.1 Å². The summed E-state index contributed by atoms with van der Waals surface area (Å²) >= 11 is 0. The van der Waals surface area contributed by atoms with Crippen molar-refractivity contribution < 1.29 is 19.1 Å². The van der Waals surface area contributed by atoms with Crippen molar-refractivity contribution in [1.29, 1.82) is 0 Å². The molecule has 1 saturated heterocycles. The minimum Gasteiger partial charge on any atom is -0.508 e. The lowest BCUT2D eigenvalue weighted by Gasteiger charge is -2.17. The van der Waals surface area contributed by atoms with Crippen LogP contribution in [0.3, 0.4) is 0 Å². The highest BCUT2D eigenvalue weighted by atomic mass is 19.1. The SMILES string of the molecule is O=C1NC(=O)C(c2ccc(-c3ccccc3F)cc2)C1c1ccc(O)cc1.